The van der Waals surface area contributed by atoms with Crippen LogP contribution in [-0.4, -0.2) is 36.7 Å². The quantitative estimate of drug-likeness (QED) is 0.371. The smallest absolute Gasteiger partial charge is 0.759 e. The molecule has 0 saturated carbocycles. The maximum atomic E-state index is 8.52. The molecule has 1 aliphatic rings. The zero-order valence-electron chi connectivity index (χ0n) is 6.13. The normalized spacial score (nSPS) is 22.1. The van der Waals surface area contributed by atoms with E-state index in [4.69, 9.17) is 23.3 Å². The Bertz CT molecular complexity index is 181. The van der Waals surface area contributed by atoms with Crippen molar-refractivity contribution in [1.29, 1.82) is 0 Å². The van der Waals surface area contributed by atoms with Crippen molar-refractivity contribution in [1.82, 2.24) is 5.32 Å². The molecule has 0 bridgehead atoms. The van der Waals surface area contributed by atoms with Gasteiger partial charge in [-0.3, -0.25) is 8.42 Å². The van der Waals surface area contributed by atoms with Crippen LogP contribution in [0.5, 0.6) is 0 Å². The summed E-state index contributed by atoms with van der Waals surface area (Å²) in [6.45, 7) is 2.13. The summed E-state index contributed by atoms with van der Waals surface area (Å²) in [5.74, 6) is 0. The van der Waals surface area contributed by atoms with Gasteiger partial charge in [0.25, 0.3) is 0 Å². The van der Waals surface area contributed by atoms with Gasteiger partial charge in [-0.25, -0.2) is 0 Å². The van der Waals surface area contributed by atoms with E-state index in [1.807, 2.05) is 0 Å². The Kier molecular flexibility index (Phi) is 8.66. The van der Waals surface area contributed by atoms with Crippen molar-refractivity contribution in [3.05, 3.63) is 0 Å². The van der Waals surface area contributed by atoms with Crippen LogP contribution in [0.25, 0.3) is 0 Å². The van der Waals surface area contributed by atoms with Gasteiger partial charge in [-0.05, 0) is 13.0 Å². The van der Waals surface area contributed by atoms with E-state index in [-0.39, 0.29) is 21.1 Å². The van der Waals surface area contributed by atoms with E-state index in [1.54, 1.807) is 0 Å². The minimum atomic E-state index is -5.17. The first-order valence-electron chi connectivity index (χ1n) is 3.02. The fourth-order valence-corrected chi connectivity index (χ4v) is 0.677. The second-order valence-electron chi connectivity index (χ2n) is 2.16. The molecule has 0 amide bonds. The Balaban J connectivity index is 0. The standard InChI is InChI=1S/C4H10N2.H2O4S.Pt/c5-4-1-2-6-3-4;1-5(2,3)4;/h4,6H,1-3,5H2;(H2,1,2,3,4);/q;;+2/p-2/t4-;;/m1../s1. The van der Waals surface area contributed by atoms with Gasteiger partial charge >= 0.3 is 21.1 Å². The van der Waals surface area contributed by atoms with Gasteiger partial charge in [-0.15, -0.1) is 0 Å². The molecule has 0 radical (unpaired) electrons. The summed E-state index contributed by atoms with van der Waals surface area (Å²) in [5, 5.41) is 3.15. The second kappa shape index (κ2) is 6.94. The average Bonchev–Trinajstić information content (AvgIpc) is 2.12. The van der Waals surface area contributed by atoms with E-state index in [0.717, 1.165) is 19.5 Å². The third-order valence-electron chi connectivity index (χ3n) is 1.10. The average molecular weight is 377 g/mol. The Hall–Kier alpha value is 0.478. The second-order valence-corrected chi connectivity index (χ2v) is 2.98. The van der Waals surface area contributed by atoms with Crippen molar-refractivity contribution in [3.8, 4) is 0 Å². The zero-order valence-corrected chi connectivity index (χ0v) is 9.22. The molecule has 1 aliphatic heterocycles. The topological polar surface area (TPSA) is 118 Å². The predicted molar refractivity (Wildman–Crippen MR) is 35.9 cm³/mol. The van der Waals surface area contributed by atoms with Gasteiger partial charge in [0, 0.05) is 23.0 Å². The van der Waals surface area contributed by atoms with Gasteiger partial charge in [0.15, 0.2) is 0 Å². The molecule has 1 rings (SSSR count). The van der Waals surface area contributed by atoms with Crippen molar-refractivity contribution in [2.45, 2.75) is 12.5 Å². The van der Waals surface area contributed by atoms with Crippen LogP contribution in [0.2, 0.25) is 0 Å². The van der Waals surface area contributed by atoms with Crippen molar-refractivity contribution in [2.75, 3.05) is 13.1 Å². The summed E-state index contributed by atoms with van der Waals surface area (Å²) < 4.78 is 34.1. The largest absolute Gasteiger partial charge is 2.00 e. The minimum absolute atomic E-state index is 0. The molecule has 1 saturated heterocycles. The van der Waals surface area contributed by atoms with E-state index >= 15 is 0 Å². The molecule has 8 heteroatoms. The SMILES string of the molecule is N[C@@H]1CCNC1.O=S(=O)([O-])[O-].[Pt+2]. The Morgan fingerprint density at radius 3 is 1.92 bits per heavy atom. The number of hydrogen-bond acceptors (Lipinski definition) is 6. The molecule has 1 heterocycles. The molecule has 0 unspecified atom stereocenters. The van der Waals surface area contributed by atoms with Crippen LogP contribution in [0.3, 0.4) is 0 Å². The first kappa shape index (κ1) is 15.0. The van der Waals surface area contributed by atoms with E-state index in [2.05, 4.69) is 5.32 Å². The molecule has 0 aromatic rings. The Morgan fingerprint density at radius 1 is 1.42 bits per heavy atom. The van der Waals surface area contributed by atoms with Gasteiger partial charge < -0.3 is 20.2 Å². The molecule has 1 fully saturated rings. The maximum absolute atomic E-state index is 8.52. The molecule has 0 aliphatic carbocycles. The molecule has 76 valence electrons. The van der Waals surface area contributed by atoms with Crippen molar-refractivity contribution in [2.24, 2.45) is 5.73 Å². The predicted octanol–water partition coefficient (Wildman–Crippen LogP) is -2.03. The first-order valence-corrected chi connectivity index (χ1v) is 4.36. The fourth-order valence-electron chi connectivity index (χ4n) is 0.677. The Labute approximate surface area is 85.7 Å². The molecule has 6 nitrogen and oxygen atoms in total. The number of rotatable bonds is 0. The van der Waals surface area contributed by atoms with E-state index in [1.165, 1.54) is 0 Å². The van der Waals surface area contributed by atoms with E-state index in [0.29, 0.717) is 6.04 Å². The molecule has 0 spiro atoms. The fraction of sp³-hybridized carbons (Fsp3) is 1.00. The summed E-state index contributed by atoms with van der Waals surface area (Å²) >= 11 is 0. The van der Waals surface area contributed by atoms with Gasteiger partial charge in [0.2, 0.25) is 0 Å². The van der Waals surface area contributed by atoms with Gasteiger partial charge in [-0.1, -0.05) is 0 Å². The van der Waals surface area contributed by atoms with Crippen LogP contribution in [-0.2, 0) is 31.5 Å². The summed E-state index contributed by atoms with van der Waals surface area (Å²) in [4.78, 5) is 0. The third kappa shape index (κ3) is 16.8. The van der Waals surface area contributed by atoms with Crippen LogP contribution in [0.15, 0.2) is 0 Å². The number of nitrogens with two attached hydrogens (primary N) is 1. The van der Waals surface area contributed by atoms with Crippen LogP contribution in [0.4, 0.5) is 0 Å². The summed E-state index contributed by atoms with van der Waals surface area (Å²) in [6, 6.07) is 0.435. The van der Waals surface area contributed by atoms with Crippen LogP contribution in [0.1, 0.15) is 6.42 Å². The molecule has 0 aromatic carbocycles. The number of hydrogen-bond donors (Lipinski definition) is 2. The monoisotopic (exact) mass is 377 g/mol. The van der Waals surface area contributed by atoms with Gasteiger partial charge in [0.05, 0.1) is 0 Å². The first-order chi connectivity index (χ1) is 4.89. The molecule has 0 aromatic heterocycles. The van der Waals surface area contributed by atoms with Crippen molar-refractivity contribution >= 4 is 10.4 Å². The summed E-state index contributed by atoms with van der Waals surface area (Å²) in [5.41, 5.74) is 5.47. The molecule has 3 N–H and O–H groups in total. The van der Waals surface area contributed by atoms with Gasteiger partial charge in [-0.2, -0.15) is 0 Å². The Morgan fingerprint density at radius 2 is 1.83 bits per heavy atom. The zero-order chi connectivity index (χ0) is 8.91. The molecule has 1 atom stereocenters. The van der Waals surface area contributed by atoms with Crippen LogP contribution < -0.4 is 11.1 Å². The van der Waals surface area contributed by atoms with Crippen molar-refractivity contribution in [3.63, 3.8) is 0 Å². The minimum Gasteiger partial charge on any atom is -0.759 e. The third-order valence-corrected chi connectivity index (χ3v) is 1.10. The van der Waals surface area contributed by atoms with Crippen LogP contribution in [0, 0.1) is 0 Å². The van der Waals surface area contributed by atoms with Crippen molar-refractivity contribution < 1.29 is 38.6 Å². The summed E-state index contributed by atoms with van der Waals surface area (Å²) in [7, 11) is -5.17. The molecule has 12 heavy (non-hydrogen) atoms. The summed E-state index contributed by atoms with van der Waals surface area (Å²) in [6.07, 6.45) is 1.15. The van der Waals surface area contributed by atoms with Crippen LogP contribution >= 0.6 is 0 Å². The van der Waals surface area contributed by atoms with E-state index < -0.39 is 10.4 Å². The maximum Gasteiger partial charge on any atom is 2.00 e. The molecular weight excluding hydrogens is 367 g/mol. The van der Waals surface area contributed by atoms with Gasteiger partial charge in [0.1, 0.15) is 0 Å². The van der Waals surface area contributed by atoms with E-state index in [9.17, 15) is 0 Å². The molecular formula is C4H10N2O4PtS. The number of nitrogens with one attached hydrogen (secondary N) is 1.